The van der Waals surface area contributed by atoms with Crippen LogP contribution in [0.5, 0.6) is 5.75 Å². The van der Waals surface area contributed by atoms with Crippen molar-refractivity contribution in [3.8, 4) is 5.75 Å². The molecule has 0 saturated heterocycles. The quantitative estimate of drug-likeness (QED) is 0.222. The zero-order chi connectivity index (χ0) is 22.0. The molecule has 0 aromatic heterocycles. The number of rotatable bonds is 7. The van der Waals surface area contributed by atoms with Gasteiger partial charge in [0.1, 0.15) is 24.5 Å². The normalized spacial score (nSPS) is 12.5. The van der Waals surface area contributed by atoms with Gasteiger partial charge in [0.2, 0.25) is 0 Å². The predicted octanol–water partition coefficient (Wildman–Crippen LogP) is 2.15. The van der Waals surface area contributed by atoms with Gasteiger partial charge in [0.05, 0.1) is 17.6 Å². The number of carbonyl (C=O) groups excluding carboxylic acids is 4. The molecule has 0 atom stereocenters. The number of nitrogens with zero attached hydrogens (tertiary/aromatic N) is 2. The highest BCUT2D eigenvalue weighted by Crippen LogP contribution is 2.30. The van der Waals surface area contributed by atoms with E-state index in [2.05, 4.69) is 0 Å². The van der Waals surface area contributed by atoms with Crippen LogP contribution in [-0.4, -0.2) is 47.0 Å². The summed E-state index contributed by atoms with van der Waals surface area (Å²) in [4.78, 5) is 59.7. The van der Waals surface area contributed by atoms with E-state index in [0.29, 0.717) is 21.8 Å². The topological polar surface area (TPSA) is 133 Å². The number of fused-ring (bicyclic) bond motifs is 1. The van der Waals surface area contributed by atoms with Crippen molar-refractivity contribution >= 4 is 29.3 Å². The number of carbonyl (C=O) groups is 4. The first-order valence-electron chi connectivity index (χ1n) is 8.71. The Hall–Kier alpha value is -4.08. The highest BCUT2D eigenvalue weighted by molar-refractivity contribution is 6.24. The molecule has 0 N–H and O–H groups in total. The van der Waals surface area contributed by atoms with Gasteiger partial charge in [-0.3, -0.25) is 34.2 Å². The molecule has 0 unspecified atom stereocenters. The minimum absolute atomic E-state index is 0.141. The zero-order valence-electron chi connectivity index (χ0n) is 16.0. The second-order valence-corrected chi connectivity index (χ2v) is 6.40. The van der Waals surface area contributed by atoms with Crippen molar-refractivity contribution in [2.75, 3.05) is 13.7 Å². The van der Waals surface area contributed by atoms with Crippen molar-refractivity contribution in [1.82, 2.24) is 4.90 Å². The van der Waals surface area contributed by atoms with Crippen LogP contribution in [-0.2, 0) is 16.1 Å². The maximum Gasteiger partial charge on any atom is 0.326 e. The monoisotopic (exact) mass is 412 g/mol. The molecule has 1 aliphatic heterocycles. The lowest BCUT2D eigenvalue weighted by Crippen LogP contribution is -2.35. The van der Waals surface area contributed by atoms with Gasteiger partial charge in [-0.15, -0.1) is 0 Å². The number of nitro benzene ring substituents is 1. The Morgan fingerprint density at radius 1 is 1.13 bits per heavy atom. The Morgan fingerprint density at radius 3 is 2.50 bits per heavy atom. The molecule has 1 heterocycles. The Morgan fingerprint density at radius 2 is 1.87 bits per heavy atom. The first-order chi connectivity index (χ1) is 14.2. The summed E-state index contributed by atoms with van der Waals surface area (Å²) in [5.41, 5.74) is -0.174. The highest BCUT2D eigenvalue weighted by Gasteiger charge is 2.41. The van der Waals surface area contributed by atoms with Gasteiger partial charge in [0.25, 0.3) is 17.5 Å². The number of ketones is 1. The minimum Gasteiger partial charge on any atom is -0.496 e. The zero-order valence-corrected chi connectivity index (χ0v) is 16.0. The van der Waals surface area contributed by atoms with E-state index in [1.807, 2.05) is 0 Å². The third kappa shape index (κ3) is 3.75. The Bertz CT molecular complexity index is 1090. The van der Waals surface area contributed by atoms with Gasteiger partial charge in [-0.25, -0.2) is 0 Å². The van der Waals surface area contributed by atoms with Crippen molar-refractivity contribution in [3.63, 3.8) is 0 Å². The summed E-state index contributed by atoms with van der Waals surface area (Å²) in [6, 6.07) is 8.32. The molecule has 0 aliphatic carbocycles. The number of hydrogen-bond acceptors (Lipinski definition) is 8. The molecule has 2 aromatic carbocycles. The van der Waals surface area contributed by atoms with Crippen LogP contribution in [0.1, 0.15) is 43.6 Å². The van der Waals surface area contributed by atoms with Crippen LogP contribution in [0.25, 0.3) is 0 Å². The molecule has 30 heavy (non-hydrogen) atoms. The van der Waals surface area contributed by atoms with Crippen molar-refractivity contribution in [1.29, 1.82) is 0 Å². The highest BCUT2D eigenvalue weighted by atomic mass is 16.6. The van der Waals surface area contributed by atoms with E-state index in [0.717, 1.165) is 6.07 Å². The summed E-state index contributed by atoms with van der Waals surface area (Å²) in [5, 5.41) is 11.1. The molecular weight excluding hydrogens is 396 g/mol. The summed E-state index contributed by atoms with van der Waals surface area (Å²) < 4.78 is 10.3. The number of benzene rings is 2. The molecule has 0 saturated carbocycles. The molecular formula is C20H16N2O8. The fraction of sp³-hybridized carbons (Fsp3) is 0.200. The fourth-order valence-corrected chi connectivity index (χ4v) is 3.05. The van der Waals surface area contributed by atoms with Crippen molar-refractivity contribution < 1.29 is 33.6 Å². The third-order valence-corrected chi connectivity index (χ3v) is 4.54. The van der Waals surface area contributed by atoms with E-state index in [4.69, 9.17) is 9.47 Å². The number of hydrogen-bond donors (Lipinski definition) is 0. The summed E-state index contributed by atoms with van der Waals surface area (Å²) in [6.45, 7) is 0.420. The van der Waals surface area contributed by atoms with Gasteiger partial charge in [-0.05, 0) is 31.2 Å². The molecule has 3 rings (SSSR count). The third-order valence-electron chi connectivity index (χ3n) is 4.54. The second-order valence-electron chi connectivity index (χ2n) is 6.40. The average Bonchev–Trinajstić information content (AvgIpc) is 2.96. The molecule has 10 heteroatoms. The van der Waals surface area contributed by atoms with E-state index in [-0.39, 0.29) is 23.5 Å². The van der Waals surface area contributed by atoms with Crippen molar-refractivity contribution in [2.24, 2.45) is 0 Å². The lowest BCUT2D eigenvalue weighted by atomic mass is 10.1. The predicted molar refractivity (Wildman–Crippen MR) is 101 cm³/mol. The standard InChI is InChI=1S/C20H16N2O8/c1-11(23)12-6-7-16(29-2)13(8-12)10-30-17(24)9-21-19(25)14-4-3-5-15(22(27)28)18(14)20(21)26/h3-8H,9-10H2,1-2H3. The van der Waals surface area contributed by atoms with Crippen LogP contribution in [0.4, 0.5) is 5.69 Å². The molecule has 0 spiro atoms. The van der Waals surface area contributed by atoms with Crippen molar-refractivity contribution in [3.05, 3.63) is 68.8 Å². The number of nitro groups is 1. The number of amides is 2. The number of Topliss-reactive ketones (excluding diaryl/α,β-unsaturated/α-hetero) is 1. The number of imide groups is 1. The maximum atomic E-state index is 12.5. The first kappa shape index (κ1) is 20.6. The van der Waals surface area contributed by atoms with E-state index in [9.17, 15) is 29.3 Å². The van der Waals surface area contributed by atoms with E-state index in [1.54, 1.807) is 12.1 Å². The van der Waals surface area contributed by atoms with Gasteiger partial charge in [-0.2, -0.15) is 0 Å². The summed E-state index contributed by atoms with van der Waals surface area (Å²) in [7, 11) is 1.42. The largest absolute Gasteiger partial charge is 0.496 e. The van der Waals surface area contributed by atoms with E-state index in [1.165, 1.54) is 32.2 Å². The Balaban J connectivity index is 1.73. The average molecular weight is 412 g/mol. The van der Waals surface area contributed by atoms with E-state index >= 15 is 0 Å². The minimum atomic E-state index is -0.935. The molecule has 0 bridgehead atoms. The molecule has 1 aliphatic rings. The molecule has 2 aromatic rings. The van der Waals surface area contributed by atoms with Crippen LogP contribution in [0.15, 0.2) is 36.4 Å². The van der Waals surface area contributed by atoms with Crippen molar-refractivity contribution in [2.45, 2.75) is 13.5 Å². The number of esters is 1. The second kappa shape index (κ2) is 8.11. The molecule has 2 amide bonds. The summed E-state index contributed by atoms with van der Waals surface area (Å²) in [5.74, 6) is -2.44. The summed E-state index contributed by atoms with van der Waals surface area (Å²) in [6.07, 6.45) is 0. The van der Waals surface area contributed by atoms with Gasteiger partial charge in [0.15, 0.2) is 5.78 Å². The smallest absolute Gasteiger partial charge is 0.326 e. The van der Waals surface area contributed by atoms with Crippen LogP contribution in [0.2, 0.25) is 0 Å². The van der Waals surface area contributed by atoms with Crippen LogP contribution in [0.3, 0.4) is 0 Å². The van der Waals surface area contributed by atoms with Gasteiger partial charge in [-0.1, -0.05) is 6.07 Å². The first-order valence-corrected chi connectivity index (χ1v) is 8.71. The van der Waals surface area contributed by atoms with Gasteiger partial charge >= 0.3 is 5.97 Å². The van der Waals surface area contributed by atoms with Gasteiger partial charge in [0, 0.05) is 17.2 Å². The Labute approximate surface area is 170 Å². The van der Waals surface area contributed by atoms with Crippen LogP contribution in [0, 0.1) is 10.1 Å². The molecule has 0 fully saturated rings. The van der Waals surface area contributed by atoms with Gasteiger partial charge < -0.3 is 9.47 Å². The maximum absolute atomic E-state index is 12.5. The molecule has 154 valence electrons. The Kier molecular flexibility index (Phi) is 5.58. The summed E-state index contributed by atoms with van der Waals surface area (Å²) >= 11 is 0. The molecule has 10 nitrogen and oxygen atoms in total. The molecule has 0 radical (unpaired) electrons. The lowest BCUT2D eigenvalue weighted by Gasteiger charge is -2.14. The number of ether oxygens (including phenoxy) is 2. The number of methoxy groups -OCH3 is 1. The SMILES string of the molecule is COc1ccc(C(C)=O)cc1COC(=O)CN1C(=O)c2cccc([N+](=O)[O-])c2C1=O. The lowest BCUT2D eigenvalue weighted by molar-refractivity contribution is -0.385. The van der Waals surface area contributed by atoms with Crippen LogP contribution >= 0.6 is 0 Å². The van der Waals surface area contributed by atoms with E-state index < -0.39 is 34.9 Å². The fourth-order valence-electron chi connectivity index (χ4n) is 3.05. The van der Waals surface area contributed by atoms with Crippen LogP contribution < -0.4 is 4.74 Å².